The number of para-hydroxylation sites is 3. The molecule has 0 bridgehead atoms. The summed E-state index contributed by atoms with van der Waals surface area (Å²) in [6, 6.07) is 60.1. The first-order chi connectivity index (χ1) is 34.1. The minimum Gasteiger partial charge on any atom is -0.456 e. The Hall–Kier alpha value is -7.96. The Bertz CT molecular complexity index is 3990. The molecule has 350 valence electrons. The van der Waals surface area contributed by atoms with Crippen LogP contribution in [0.2, 0.25) is 0 Å². The van der Waals surface area contributed by atoms with E-state index in [4.69, 9.17) is 14.7 Å². The third-order valence-corrected chi connectivity index (χ3v) is 14.6. The van der Waals surface area contributed by atoms with Crippen molar-refractivity contribution in [2.45, 2.75) is 85.2 Å². The molecule has 6 nitrogen and oxygen atoms in total. The normalized spacial score (nSPS) is 13.1. The number of aromatic nitrogens is 4. The Morgan fingerprint density at radius 3 is 1.69 bits per heavy atom. The van der Waals surface area contributed by atoms with E-state index in [-0.39, 0.29) is 16.2 Å². The zero-order chi connectivity index (χ0) is 49.0. The summed E-state index contributed by atoms with van der Waals surface area (Å²) < 4.78 is 11.7. The molecule has 0 saturated heterocycles. The minimum absolute atomic E-state index is 0.0253. The fraction of sp³-hybridized carbons (Fsp3) is 0.200. The Kier molecular flexibility index (Phi) is 10.2. The van der Waals surface area contributed by atoms with Gasteiger partial charge in [-0.3, -0.25) is 9.55 Å². The van der Waals surface area contributed by atoms with E-state index >= 15 is 0 Å². The van der Waals surface area contributed by atoms with Gasteiger partial charge in [0.15, 0.2) is 0 Å². The lowest BCUT2D eigenvalue weighted by Crippen LogP contribution is -2.17. The molecule has 4 aromatic heterocycles. The summed E-state index contributed by atoms with van der Waals surface area (Å²) in [6.07, 6.45) is 5.70. The summed E-state index contributed by atoms with van der Waals surface area (Å²) >= 11 is 0. The Balaban J connectivity index is 1.06. The number of nitrogens with zero attached hydrogens (tertiary/aromatic N) is 5. The molecule has 7 aromatic carbocycles. The van der Waals surface area contributed by atoms with Gasteiger partial charge in [-0.25, -0.2) is 4.98 Å². The van der Waals surface area contributed by atoms with Gasteiger partial charge < -0.3 is 14.2 Å². The molecule has 0 amide bonds. The SMILES string of the molecule is CC(C)(C)c1cc(-c2cccc3c4ccccc4c4ccccc4c4cccc5c4n(c23)CN5c2cncc(Oc3ccc4c5ccccc5n(-c5cc(C(C)(C)C)ccn5)c4c3)c2)cc(C(C)(C)C)c1. The van der Waals surface area contributed by atoms with Gasteiger partial charge in [-0.15, -0.1) is 0 Å². The van der Waals surface area contributed by atoms with Crippen molar-refractivity contribution in [3.8, 4) is 28.4 Å². The van der Waals surface area contributed by atoms with E-state index in [9.17, 15) is 0 Å². The largest absolute Gasteiger partial charge is 0.456 e. The lowest BCUT2D eigenvalue weighted by Gasteiger charge is -2.27. The molecule has 12 rings (SSSR count). The number of ether oxygens (including phenoxy) is 1. The zero-order valence-electron chi connectivity index (χ0n) is 42.2. The highest BCUT2D eigenvalue weighted by Gasteiger charge is 2.28. The summed E-state index contributed by atoms with van der Waals surface area (Å²) in [6.45, 7) is 21.2. The second-order valence-corrected chi connectivity index (χ2v) is 22.4. The summed E-state index contributed by atoms with van der Waals surface area (Å²) in [5.74, 6) is 2.26. The van der Waals surface area contributed by atoms with Crippen molar-refractivity contribution in [2.24, 2.45) is 0 Å². The first kappa shape index (κ1) is 44.3. The van der Waals surface area contributed by atoms with Gasteiger partial charge in [0, 0.05) is 45.4 Å². The number of pyridine rings is 2. The number of rotatable bonds is 5. The molecular formula is C65H59N5O. The van der Waals surface area contributed by atoms with E-state index < -0.39 is 0 Å². The van der Waals surface area contributed by atoms with Crippen molar-refractivity contribution in [2.75, 3.05) is 4.90 Å². The monoisotopic (exact) mass is 925 g/mol. The van der Waals surface area contributed by atoms with E-state index in [2.05, 4.69) is 240 Å². The van der Waals surface area contributed by atoms with Gasteiger partial charge in [0.1, 0.15) is 24.0 Å². The maximum absolute atomic E-state index is 6.84. The van der Waals surface area contributed by atoms with E-state index in [1.807, 2.05) is 18.6 Å². The van der Waals surface area contributed by atoms with Gasteiger partial charge in [-0.05, 0) is 96.4 Å². The number of anilines is 2. The lowest BCUT2D eigenvalue weighted by atomic mass is 9.78. The standard InChI is InChI=1S/C65H59N5O/c1-63(2,3)42-30-31-67-60(35-42)70-57-26-15-14-22-53(57)54-29-28-46(37-59(54)70)71-47-36-45(38-66-39-47)68-40-69-61-48(41-32-43(64(4,5)6)34-44(33-41)65(7,8)9)23-16-24-55(61)51-20-12-10-18-49(51)50-19-11-13-21-52(50)56-25-17-27-58(68)62(56)69/h10-39H,40H2,1-9H3. The molecule has 0 N–H and O–H groups in total. The molecule has 5 heterocycles. The quantitative estimate of drug-likeness (QED) is 0.173. The van der Waals surface area contributed by atoms with Gasteiger partial charge in [-0.2, -0.15) is 0 Å². The van der Waals surface area contributed by atoms with E-state index in [0.717, 1.165) is 39.4 Å². The van der Waals surface area contributed by atoms with Crippen molar-refractivity contribution in [1.82, 2.24) is 19.1 Å². The molecule has 11 aromatic rings. The van der Waals surface area contributed by atoms with Crippen LogP contribution in [0, 0.1) is 0 Å². The molecule has 0 atom stereocenters. The summed E-state index contributed by atoms with van der Waals surface area (Å²) in [5, 5.41) is 9.53. The first-order valence-corrected chi connectivity index (χ1v) is 24.9. The maximum Gasteiger partial charge on any atom is 0.147 e. The van der Waals surface area contributed by atoms with Crippen LogP contribution in [0.4, 0.5) is 11.4 Å². The molecule has 0 saturated carbocycles. The molecule has 71 heavy (non-hydrogen) atoms. The molecule has 0 spiro atoms. The molecule has 1 aliphatic heterocycles. The molecule has 6 heteroatoms. The van der Waals surface area contributed by atoms with Crippen LogP contribution in [0.1, 0.15) is 79.0 Å². The number of hydrogen-bond acceptors (Lipinski definition) is 4. The number of benzene rings is 7. The smallest absolute Gasteiger partial charge is 0.147 e. The van der Waals surface area contributed by atoms with Gasteiger partial charge in [-0.1, -0.05) is 178 Å². The molecule has 1 aliphatic rings. The molecule has 0 fully saturated rings. The fourth-order valence-corrected chi connectivity index (χ4v) is 10.8. The summed E-state index contributed by atoms with van der Waals surface area (Å²) in [4.78, 5) is 12.2. The van der Waals surface area contributed by atoms with Crippen LogP contribution in [0.3, 0.4) is 0 Å². The summed E-state index contributed by atoms with van der Waals surface area (Å²) in [5.41, 5.74) is 12.7. The van der Waals surface area contributed by atoms with Crippen LogP contribution in [0.5, 0.6) is 11.5 Å². The van der Waals surface area contributed by atoms with Crippen LogP contribution in [-0.4, -0.2) is 19.1 Å². The average Bonchev–Trinajstić information content (AvgIpc) is 3.92. The van der Waals surface area contributed by atoms with Crippen LogP contribution in [-0.2, 0) is 22.9 Å². The van der Waals surface area contributed by atoms with Crippen molar-refractivity contribution in [3.63, 3.8) is 0 Å². The highest BCUT2D eigenvalue weighted by molar-refractivity contribution is 6.22. The molecular weight excluding hydrogens is 867 g/mol. The maximum atomic E-state index is 6.84. The lowest BCUT2D eigenvalue weighted by molar-refractivity contribution is 0.481. The predicted octanol–water partition coefficient (Wildman–Crippen LogP) is 17.6. The third-order valence-electron chi connectivity index (χ3n) is 14.6. The Morgan fingerprint density at radius 2 is 1.03 bits per heavy atom. The van der Waals surface area contributed by atoms with Gasteiger partial charge >= 0.3 is 0 Å². The summed E-state index contributed by atoms with van der Waals surface area (Å²) in [7, 11) is 0. The first-order valence-electron chi connectivity index (χ1n) is 24.9. The van der Waals surface area contributed by atoms with Crippen molar-refractivity contribution in [3.05, 3.63) is 199 Å². The third kappa shape index (κ3) is 7.56. The topological polar surface area (TPSA) is 48.1 Å². The molecule has 0 unspecified atom stereocenters. The van der Waals surface area contributed by atoms with Gasteiger partial charge in [0.05, 0.1) is 45.8 Å². The predicted molar refractivity (Wildman–Crippen MR) is 299 cm³/mol. The second kappa shape index (κ2) is 16.3. The van der Waals surface area contributed by atoms with Crippen molar-refractivity contribution >= 4 is 76.5 Å². The molecule has 0 radical (unpaired) electrons. The molecule has 0 aliphatic carbocycles. The Morgan fingerprint density at radius 1 is 0.451 bits per heavy atom. The van der Waals surface area contributed by atoms with Crippen LogP contribution in [0.25, 0.3) is 82.1 Å². The van der Waals surface area contributed by atoms with Gasteiger partial charge in [0.2, 0.25) is 0 Å². The average molecular weight is 926 g/mol. The minimum atomic E-state index is -0.0469. The second-order valence-electron chi connectivity index (χ2n) is 22.4. The number of hydrogen-bond donors (Lipinski definition) is 0. The Labute approximate surface area is 416 Å². The van der Waals surface area contributed by atoms with Crippen LogP contribution in [0.15, 0.2) is 182 Å². The van der Waals surface area contributed by atoms with Crippen molar-refractivity contribution in [1.29, 1.82) is 0 Å². The highest BCUT2D eigenvalue weighted by atomic mass is 16.5. The van der Waals surface area contributed by atoms with Crippen LogP contribution < -0.4 is 9.64 Å². The van der Waals surface area contributed by atoms with Crippen LogP contribution >= 0.6 is 0 Å². The van der Waals surface area contributed by atoms with Crippen molar-refractivity contribution < 1.29 is 4.74 Å². The zero-order valence-corrected chi connectivity index (χ0v) is 42.2. The van der Waals surface area contributed by atoms with E-state index in [1.165, 1.54) is 76.6 Å². The number of fused-ring (bicyclic) bond motifs is 10. The van der Waals surface area contributed by atoms with Gasteiger partial charge in [0.25, 0.3) is 0 Å². The highest BCUT2D eigenvalue weighted by Crippen LogP contribution is 2.46. The van der Waals surface area contributed by atoms with E-state index in [0.29, 0.717) is 12.4 Å². The fourth-order valence-electron chi connectivity index (χ4n) is 10.8. The van der Waals surface area contributed by atoms with E-state index in [1.54, 1.807) is 0 Å².